The molecule has 24 heavy (non-hydrogen) atoms. The van der Waals surface area contributed by atoms with Crippen LogP contribution in [0.25, 0.3) is 11.5 Å². The standard InChI is InChI=1S/C17H16ClN3O2S/c1-3-13-8-15(22)21-17(19-13)24-9-14-10(2)23-16(20-14)11-5-4-6-12(18)7-11/h4-8H,3,9H2,1-2H3,(H,19,21,22). The molecule has 0 aliphatic rings. The molecule has 0 fully saturated rings. The van der Waals surface area contributed by atoms with E-state index in [1.54, 1.807) is 6.07 Å². The minimum Gasteiger partial charge on any atom is -0.441 e. The van der Waals surface area contributed by atoms with E-state index < -0.39 is 0 Å². The van der Waals surface area contributed by atoms with Crippen molar-refractivity contribution in [2.24, 2.45) is 0 Å². The number of nitrogens with zero attached hydrogens (tertiary/aromatic N) is 2. The molecule has 1 aromatic carbocycles. The number of benzene rings is 1. The second-order valence-corrected chi connectivity index (χ2v) is 6.62. The summed E-state index contributed by atoms with van der Waals surface area (Å²) in [5, 5.41) is 1.23. The summed E-state index contributed by atoms with van der Waals surface area (Å²) in [5.41, 5.74) is 2.29. The number of oxazole rings is 1. The Balaban J connectivity index is 1.79. The molecule has 0 saturated heterocycles. The highest BCUT2D eigenvalue weighted by molar-refractivity contribution is 7.98. The normalized spacial score (nSPS) is 11.0. The summed E-state index contributed by atoms with van der Waals surface area (Å²) in [6.45, 7) is 3.84. The Kier molecular flexibility index (Phi) is 5.06. The maximum atomic E-state index is 11.6. The maximum Gasteiger partial charge on any atom is 0.251 e. The number of aromatic nitrogens is 3. The summed E-state index contributed by atoms with van der Waals surface area (Å²) in [5.74, 6) is 1.84. The lowest BCUT2D eigenvalue weighted by Crippen LogP contribution is -2.09. The van der Waals surface area contributed by atoms with Gasteiger partial charge >= 0.3 is 0 Å². The number of aromatic amines is 1. The first kappa shape index (κ1) is 16.8. The minimum absolute atomic E-state index is 0.138. The molecule has 0 saturated carbocycles. The van der Waals surface area contributed by atoms with Gasteiger partial charge in [0.2, 0.25) is 5.89 Å². The number of hydrogen-bond donors (Lipinski definition) is 1. The zero-order valence-electron chi connectivity index (χ0n) is 13.3. The van der Waals surface area contributed by atoms with Gasteiger partial charge in [-0.2, -0.15) is 0 Å². The zero-order chi connectivity index (χ0) is 17.1. The Morgan fingerprint density at radius 1 is 1.29 bits per heavy atom. The molecule has 2 heterocycles. The van der Waals surface area contributed by atoms with Crippen LogP contribution < -0.4 is 5.56 Å². The summed E-state index contributed by atoms with van der Waals surface area (Å²) in [4.78, 5) is 23.3. The van der Waals surface area contributed by atoms with Gasteiger partial charge in [-0.15, -0.1) is 0 Å². The van der Waals surface area contributed by atoms with Crippen molar-refractivity contribution in [1.29, 1.82) is 0 Å². The van der Waals surface area contributed by atoms with Crippen molar-refractivity contribution in [3.8, 4) is 11.5 Å². The van der Waals surface area contributed by atoms with Crippen LogP contribution in [0, 0.1) is 6.92 Å². The van der Waals surface area contributed by atoms with E-state index in [2.05, 4.69) is 15.0 Å². The van der Waals surface area contributed by atoms with Crippen LogP contribution in [0.4, 0.5) is 0 Å². The monoisotopic (exact) mass is 361 g/mol. The second kappa shape index (κ2) is 7.23. The lowest BCUT2D eigenvalue weighted by atomic mass is 10.2. The van der Waals surface area contributed by atoms with Gasteiger partial charge in [0.15, 0.2) is 5.16 Å². The summed E-state index contributed by atoms with van der Waals surface area (Å²) >= 11 is 7.44. The van der Waals surface area contributed by atoms with E-state index in [0.717, 1.165) is 29.1 Å². The summed E-state index contributed by atoms with van der Waals surface area (Å²) in [7, 11) is 0. The Hall–Kier alpha value is -2.05. The van der Waals surface area contributed by atoms with Crippen molar-refractivity contribution in [3.63, 3.8) is 0 Å². The predicted octanol–water partition coefficient (Wildman–Crippen LogP) is 4.24. The zero-order valence-corrected chi connectivity index (χ0v) is 14.9. The van der Waals surface area contributed by atoms with E-state index in [1.807, 2.05) is 32.0 Å². The van der Waals surface area contributed by atoms with Crippen molar-refractivity contribution in [2.75, 3.05) is 0 Å². The molecule has 3 rings (SSSR count). The number of thioether (sulfide) groups is 1. The molecule has 0 aliphatic heterocycles. The molecule has 0 amide bonds. The first-order valence-corrected chi connectivity index (χ1v) is 8.87. The summed E-state index contributed by atoms with van der Waals surface area (Å²) in [6.07, 6.45) is 0.722. The third-order valence-corrected chi connectivity index (χ3v) is 4.56. The topological polar surface area (TPSA) is 71.8 Å². The number of nitrogens with one attached hydrogen (secondary N) is 1. The average molecular weight is 362 g/mol. The molecule has 124 valence electrons. The largest absolute Gasteiger partial charge is 0.441 e. The van der Waals surface area contributed by atoms with Crippen molar-refractivity contribution < 1.29 is 4.42 Å². The van der Waals surface area contributed by atoms with Crippen LogP contribution in [-0.4, -0.2) is 15.0 Å². The molecule has 1 N–H and O–H groups in total. The molecule has 0 radical (unpaired) electrons. The number of hydrogen-bond acceptors (Lipinski definition) is 5. The molecule has 0 bridgehead atoms. The van der Waals surface area contributed by atoms with Gasteiger partial charge in [-0.1, -0.05) is 36.4 Å². The molecule has 5 nitrogen and oxygen atoms in total. The van der Waals surface area contributed by atoms with Crippen molar-refractivity contribution in [2.45, 2.75) is 31.2 Å². The van der Waals surface area contributed by atoms with Gasteiger partial charge in [0, 0.05) is 28.1 Å². The van der Waals surface area contributed by atoms with Crippen LogP contribution in [-0.2, 0) is 12.2 Å². The lowest BCUT2D eigenvalue weighted by molar-refractivity contribution is 0.540. The van der Waals surface area contributed by atoms with Crippen molar-refractivity contribution in [3.05, 3.63) is 62.9 Å². The van der Waals surface area contributed by atoms with Gasteiger partial charge < -0.3 is 9.40 Å². The minimum atomic E-state index is -0.138. The quantitative estimate of drug-likeness (QED) is 0.543. The summed E-state index contributed by atoms with van der Waals surface area (Å²) < 4.78 is 5.74. The van der Waals surface area contributed by atoms with E-state index in [1.165, 1.54) is 17.8 Å². The van der Waals surface area contributed by atoms with Gasteiger partial charge in [0.05, 0.1) is 5.69 Å². The van der Waals surface area contributed by atoms with Crippen LogP contribution in [0.1, 0.15) is 24.1 Å². The molecule has 2 aromatic heterocycles. The van der Waals surface area contributed by atoms with E-state index in [9.17, 15) is 4.79 Å². The van der Waals surface area contributed by atoms with Gasteiger partial charge in [0.25, 0.3) is 5.56 Å². The highest BCUT2D eigenvalue weighted by Gasteiger charge is 2.13. The Labute approximate surface area is 148 Å². The molecule has 0 aliphatic carbocycles. The second-order valence-electron chi connectivity index (χ2n) is 5.22. The molecule has 0 unspecified atom stereocenters. The third-order valence-electron chi connectivity index (χ3n) is 3.45. The fraction of sp³-hybridized carbons (Fsp3) is 0.235. The van der Waals surface area contributed by atoms with Gasteiger partial charge in [-0.3, -0.25) is 4.79 Å². The Morgan fingerprint density at radius 2 is 2.12 bits per heavy atom. The van der Waals surface area contributed by atoms with E-state index in [0.29, 0.717) is 21.8 Å². The SMILES string of the molecule is CCc1cc(=O)[nH]c(SCc2nc(-c3cccc(Cl)c3)oc2C)n1. The smallest absolute Gasteiger partial charge is 0.251 e. The third kappa shape index (κ3) is 3.88. The number of aryl methyl sites for hydroxylation is 2. The fourth-order valence-corrected chi connectivity index (χ4v) is 3.26. The maximum absolute atomic E-state index is 11.6. The lowest BCUT2D eigenvalue weighted by Gasteiger charge is -2.01. The van der Waals surface area contributed by atoms with Crippen molar-refractivity contribution in [1.82, 2.24) is 15.0 Å². The molecule has 3 aromatic rings. The molecule has 0 spiro atoms. The first-order chi connectivity index (χ1) is 11.5. The van der Waals surface area contributed by atoms with Crippen LogP contribution in [0.5, 0.6) is 0 Å². The van der Waals surface area contributed by atoms with Gasteiger partial charge in [-0.05, 0) is 31.5 Å². The molecular formula is C17H16ClN3O2S. The fourth-order valence-electron chi connectivity index (χ4n) is 2.18. The molecule has 0 atom stereocenters. The van der Waals surface area contributed by atoms with Crippen LogP contribution in [0.15, 0.2) is 44.7 Å². The van der Waals surface area contributed by atoms with Crippen LogP contribution in [0.3, 0.4) is 0 Å². The van der Waals surface area contributed by atoms with Gasteiger partial charge in [-0.25, -0.2) is 9.97 Å². The number of rotatable bonds is 5. The number of H-pyrrole nitrogens is 1. The first-order valence-electron chi connectivity index (χ1n) is 7.50. The van der Waals surface area contributed by atoms with Gasteiger partial charge in [0.1, 0.15) is 5.76 Å². The molecular weight excluding hydrogens is 346 g/mol. The van der Waals surface area contributed by atoms with E-state index >= 15 is 0 Å². The highest BCUT2D eigenvalue weighted by atomic mass is 35.5. The van der Waals surface area contributed by atoms with E-state index in [-0.39, 0.29) is 5.56 Å². The average Bonchev–Trinajstić information content (AvgIpc) is 2.93. The number of halogens is 1. The Bertz CT molecular complexity index is 920. The highest BCUT2D eigenvalue weighted by Crippen LogP contribution is 2.27. The molecule has 7 heteroatoms. The summed E-state index contributed by atoms with van der Waals surface area (Å²) in [6, 6.07) is 8.89. The van der Waals surface area contributed by atoms with Crippen LogP contribution >= 0.6 is 23.4 Å². The van der Waals surface area contributed by atoms with Crippen molar-refractivity contribution >= 4 is 23.4 Å². The van der Waals surface area contributed by atoms with E-state index in [4.69, 9.17) is 16.0 Å². The Morgan fingerprint density at radius 3 is 2.88 bits per heavy atom. The predicted molar refractivity (Wildman–Crippen MR) is 95.5 cm³/mol. The van der Waals surface area contributed by atoms with Crippen LogP contribution in [0.2, 0.25) is 5.02 Å².